The standard InChI is InChI=1S/C18H13BrN4O/c1-22-16-9-12(7-8-15(16)21-17(19)18(22)24)13-10-20-23(11-13)14-5-3-2-4-6-14/h2-11H,1H3. The zero-order chi connectivity index (χ0) is 16.7. The second kappa shape index (κ2) is 5.72. The van der Waals surface area contributed by atoms with E-state index < -0.39 is 0 Å². The zero-order valence-corrected chi connectivity index (χ0v) is 14.4. The molecule has 0 saturated carbocycles. The predicted octanol–water partition coefficient (Wildman–Crippen LogP) is 3.55. The van der Waals surface area contributed by atoms with Gasteiger partial charge in [0.05, 0.1) is 22.9 Å². The maximum atomic E-state index is 12.1. The van der Waals surface area contributed by atoms with Gasteiger partial charge in [-0.25, -0.2) is 9.67 Å². The molecule has 2 aromatic heterocycles. The van der Waals surface area contributed by atoms with E-state index in [0.717, 1.165) is 27.8 Å². The van der Waals surface area contributed by atoms with E-state index in [1.807, 2.05) is 65.6 Å². The van der Waals surface area contributed by atoms with Crippen molar-refractivity contribution in [1.82, 2.24) is 19.3 Å². The second-order valence-corrected chi connectivity index (χ2v) is 6.23. The number of rotatable bonds is 2. The minimum Gasteiger partial charge on any atom is -0.308 e. The number of hydrogen-bond acceptors (Lipinski definition) is 3. The number of benzene rings is 2. The normalized spacial score (nSPS) is 11.1. The van der Waals surface area contributed by atoms with Crippen LogP contribution in [0.2, 0.25) is 0 Å². The molecule has 0 bridgehead atoms. The minimum absolute atomic E-state index is 0.153. The molecule has 0 atom stereocenters. The molecule has 2 heterocycles. The van der Waals surface area contributed by atoms with Crippen molar-refractivity contribution in [3.63, 3.8) is 0 Å². The second-order valence-electron chi connectivity index (χ2n) is 5.48. The quantitative estimate of drug-likeness (QED) is 0.534. The van der Waals surface area contributed by atoms with Crippen LogP contribution in [-0.2, 0) is 7.05 Å². The van der Waals surface area contributed by atoms with Crippen LogP contribution >= 0.6 is 15.9 Å². The van der Waals surface area contributed by atoms with E-state index in [0.29, 0.717) is 4.60 Å². The fourth-order valence-electron chi connectivity index (χ4n) is 2.66. The molecular formula is C18H13BrN4O. The number of hydrogen-bond donors (Lipinski definition) is 0. The van der Waals surface area contributed by atoms with Crippen LogP contribution in [0.1, 0.15) is 0 Å². The highest BCUT2D eigenvalue weighted by Crippen LogP contribution is 2.24. The topological polar surface area (TPSA) is 52.7 Å². The molecule has 0 aliphatic rings. The van der Waals surface area contributed by atoms with Crippen LogP contribution in [-0.4, -0.2) is 19.3 Å². The first kappa shape index (κ1) is 14.8. The number of para-hydroxylation sites is 1. The average Bonchev–Trinajstić information content (AvgIpc) is 3.10. The summed E-state index contributed by atoms with van der Waals surface area (Å²) in [7, 11) is 1.74. The van der Waals surface area contributed by atoms with E-state index >= 15 is 0 Å². The molecule has 0 N–H and O–H groups in total. The van der Waals surface area contributed by atoms with Gasteiger partial charge < -0.3 is 4.57 Å². The maximum Gasteiger partial charge on any atom is 0.283 e. The van der Waals surface area contributed by atoms with Crippen molar-refractivity contribution in [2.75, 3.05) is 0 Å². The number of aromatic nitrogens is 4. The molecule has 24 heavy (non-hydrogen) atoms. The molecule has 0 saturated heterocycles. The van der Waals surface area contributed by atoms with Gasteiger partial charge in [0.25, 0.3) is 5.56 Å². The molecule has 6 heteroatoms. The highest BCUT2D eigenvalue weighted by molar-refractivity contribution is 9.10. The summed E-state index contributed by atoms with van der Waals surface area (Å²) in [6.07, 6.45) is 3.79. The van der Waals surface area contributed by atoms with E-state index in [2.05, 4.69) is 26.0 Å². The lowest BCUT2D eigenvalue weighted by Gasteiger charge is -2.06. The van der Waals surface area contributed by atoms with Gasteiger partial charge in [-0.2, -0.15) is 5.10 Å². The summed E-state index contributed by atoms with van der Waals surface area (Å²) in [6, 6.07) is 15.8. The van der Waals surface area contributed by atoms with Crippen molar-refractivity contribution < 1.29 is 0 Å². The molecule has 0 fully saturated rings. The number of halogens is 1. The van der Waals surface area contributed by atoms with Gasteiger partial charge in [-0.15, -0.1) is 0 Å². The summed E-state index contributed by atoms with van der Waals surface area (Å²) < 4.78 is 3.75. The number of aryl methyl sites for hydroxylation is 1. The lowest BCUT2D eigenvalue weighted by Crippen LogP contribution is -2.19. The monoisotopic (exact) mass is 380 g/mol. The molecule has 0 aliphatic carbocycles. The molecular weight excluding hydrogens is 368 g/mol. The Morgan fingerprint density at radius 1 is 1.04 bits per heavy atom. The molecule has 0 unspecified atom stereocenters. The molecule has 0 radical (unpaired) electrons. The van der Waals surface area contributed by atoms with Crippen LogP contribution in [0.4, 0.5) is 0 Å². The Hall–Kier alpha value is -2.73. The minimum atomic E-state index is -0.153. The summed E-state index contributed by atoms with van der Waals surface area (Å²) in [5, 5.41) is 4.42. The van der Waals surface area contributed by atoms with Crippen molar-refractivity contribution >= 4 is 27.0 Å². The first-order valence-corrected chi connectivity index (χ1v) is 8.19. The summed E-state index contributed by atoms with van der Waals surface area (Å²) in [5.41, 5.74) is 4.37. The van der Waals surface area contributed by atoms with Crippen molar-refractivity contribution in [2.24, 2.45) is 7.05 Å². The third-order valence-corrected chi connectivity index (χ3v) is 4.49. The van der Waals surface area contributed by atoms with Crippen LogP contribution in [0, 0.1) is 0 Å². The summed E-state index contributed by atoms with van der Waals surface area (Å²) in [4.78, 5) is 16.3. The molecule has 0 aliphatic heterocycles. The van der Waals surface area contributed by atoms with E-state index in [9.17, 15) is 4.79 Å². The average molecular weight is 381 g/mol. The SMILES string of the molecule is Cn1c(=O)c(Br)nc2ccc(-c3cnn(-c4ccccc4)c3)cc21. The van der Waals surface area contributed by atoms with Crippen LogP contribution in [0.3, 0.4) is 0 Å². The highest BCUT2D eigenvalue weighted by Gasteiger charge is 2.09. The third kappa shape index (κ3) is 2.45. The van der Waals surface area contributed by atoms with E-state index in [-0.39, 0.29) is 5.56 Å². The van der Waals surface area contributed by atoms with Crippen molar-refractivity contribution in [3.8, 4) is 16.8 Å². The number of fused-ring (bicyclic) bond motifs is 1. The molecule has 4 rings (SSSR count). The van der Waals surface area contributed by atoms with E-state index in [1.165, 1.54) is 0 Å². The number of nitrogens with zero attached hydrogens (tertiary/aromatic N) is 4. The van der Waals surface area contributed by atoms with Crippen molar-refractivity contribution in [3.05, 3.63) is 75.9 Å². The lowest BCUT2D eigenvalue weighted by atomic mass is 10.1. The van der Waals surface area contributed by atoms with E-state index in [4.69, 9.17) is 0 Å². The smallest absolute Gasteiger partial charge is 0.283 e. The molecule has 5 nitrogen and oxygen atoms in total. The van der Waals surface area contributed by atoms with Crippen LogP contribution in [0.5, 0.6) is 0 Å². The van der Waals surface area contributed by atoms with Crippen molar-refractivity contribution in [1.29, 1.82) is 0 Å². The van der Waals surface area contributed by atoms with Gasteiger partial charge in [0.1, 0.15) is 0 Å². The zero-order valence-electron chi connectivity index (χ0n) is 12.8. The largest absolute Gasteiger partial charge is 0.308 e. The summed E-state index contributed by atoms with van der Waals surface area (Å²) in [5.74, 6) is 0. The molecule has 0 spiro atoms. The maximum absolute atomic E-state index is 12.1. The Morgan fingerprint density at radius 3 is 2.62 bits per heavy atom. The third-order valence-electron chi connectivity index (χ3n) is 3.97. The van der Waals surface area contributed by atoms with Gasteiger partial charge in [0.2, 0.25) is 0 Å². The Kier molecular flexibility index (Phi) is 3.54. The summed E-state index contributed by atoms with van der Waals surface area (Å²) in [6.45, 7) is 0. The highest BCUT2D eigenvalue weighted by atomic mass is 79.9. The van der Waals surface area contributed by atoms with Gasteiger partial charge >= 0.3 is 0 Å². The molecule has 118 valence electrons. The van der Waals surface area contributed by atoms with Gasteiger partial charge in [-0.1, -0.05) is 24.3 Å². The first-order valence-electron chi connectivity index (χ1n) is 7.40. The summed E-state index contributed by atoms with van der Waals surface area (Å²) >= 11 is 3.20. The fourth-order valence-corrected chi connectivity index (χ4v) is 3.12. The first-order chi connectivity index (χ1) is 11.6. The molecule has 2 aromatic carbocycles. The van der Waals surface area contributed by atoms with Crippen LogP contribution in [0.15, 0.2) is 70.3 Å². The molecule has 0 amide bonds. The van der Waals surface area contributed by atoms with Crippen LogP contribution < -0.4 is 5.56 Å². The van der Waals surface area contributed by atoms with Gasteiger partial charge in [0, 0.05) is 18.8 Å². The van der Waals surface area contributed by atoms with Gasteiger partial charge in [-0.05, 0) is 45.8 Å². The predicted molar refractivity (Wildman–Crippen MR) is 97.2 cm³/mol. The fraction of sp³-hybridized carbons (Fsp3) is 0.0556. The van der Waals surface area contributed by atoms with Crippen LogP contribution in [0.25, 0.3) is 27.8 Å². The van der Waals surface area contributed by atoms with Gasteiger partial charge in [0.15, 0.2) is 4.60 Å². The van der Waals surface area contributed by atoms with E-state index in [1.54, 1.807) is 11.6 Å². The van der Waals surface area contributed by atoms with Crippen molar-refractivity contribution in [2.45, 2.75) is 0 Å². The Morgan fingerprint density at radius 2 is 1.83 bits per heavy atom. The Labute approximate surface area is 146 Å². The lowest BCUT2D eigenvalue weighted by molar-refractivity contribution is 0.880. The molecule has 4 aromatic rings. The Bertz CT molecular complexity index is 1100. The Balaban J connectivity index is 1.83. The van der Waals surface area contributed by atoms with Gasteiger partial charge in [-0.3, -0.25) is 4.79 Å².